The van der Waals surface area contributed by atoms with Gasteiger partial charge in [-0.3, -0.25) is 0 Å². The SMILES string of the molecule is CC1CC(NCc2csc(C(C)C)n2)C1. The van der Waals surface area contributed by atoms with Crippen molar-refractivity contribution in [2.24, 2.45) is 5.92 Å². The Hall–Kier alpha value is -0.410. The number of hydrogen-bond acceptors (Lipinski definition) is 3. The van der Waals surface area contributed by atoms with Gasteiger partial charge in [0.1, 0.15) is 0 Å². The molecule has 0 unspecified atom stereocenters. The molecule has 0 aromatic carbocycles. The van der Waals surface area contributed by atoms with Gasteiger partial charge in [-0.2, -0.15) is 0 Å². The molecule has 0 spiro atoms. The van der Waals surface area contributed by atoms with Crippen molar-refractivity contribution in [1.29, 1.82) is 0 Å². The minimum atomic E-state index is 0.562. The summed E-state index contributed by atoms with van der Waals surface area (Å²) in [5.74, 6) is 1.48. The molecule has 84 valence electrons. The fourth-order valence-corrected chi connectivity index (χ4v) is 2.82. The van der Waals surface area contributed by atoms with E-state index in [0.717, 1.165) is 18.5 Å². The second kappa shape index (κ2) is 4.62. The summed E-state index contributed by atoms with van der Waals surface area (Å²) in [5, 5.41) is 7.01. The molecule has 1 heterocycles. The maximum atomic E-state index is 4.62. The van der Waals surface area contributed by atoms with Crippen molar-refractivity contribution in [3.8, 4) is 0 Å². The quantitative estimate of drug-likeness (QED) is 0.850. The molecule has 1 aliphatic carbocycles. The largest absolute Gasteiger partial charge is 0.308 e. The van der Waals surface area contributed by atoms with Crippen LogP contribution in [0.1, 0.15) is 50.2 Å². The Kier molecular flexibility index (Phi) is 3.42. The minimum Gasteiger partial charge on any atom is -0.308 e. The fourth-order valence-electron chi connectivity index (χ4n) is 1.99. The average molecular weight is 224 g/mol. The van der Waals surface area contributed by atoms with Gasteiger partial charge in [0, 0.05) is 23.9 Å². The van der Waals surface area contributed by atoms with Crippen LogP contribution in [0.2, 0.25) is 0 Å². The van der Waals surface area contributed by atoms with E-state index in [2.05, 4.69) is 36.5 Å². The molecule has 0 saturated heterocycles. The highest BCUT2D eigenvalue weighted by molar-refractivity contribution is 7.09. The van der Waals surface area contributed by atoms with Gasteiger partial charge in [-0.05, 0) is 18.8 Å². The van der Waals surface area contributed by atoms with Crippen LogP contribution in [0, 0.1) is 5.92 Å². The molecule has 0 radical (unpaired) electrons. The number of hydrogen-bond donors (Lipinski definition) is 1. The first kappa shape index (κ1) is 11.1. The van der Waals surface area contributed by atoms with Crippen molar-refractivity contribution in [2.45, 2.75) is 52.1 Å². The summed E-state index contributed by atoms with van der Waals surface area (Å²) in [6.45, 7) is 7.66. The molecule has 2 nitrogen and oxygen atoms in total. The molecular weight excluding hydrogens is 204 g/mol. The molecule has 0 bridgehead atoms. The smallest absolute Gasteiger partial charge is 0.0954 e. The molecule has 1 N–H and O–H groups in total. The third-order valence-electron chi connectivity index (χ3n) is 3.01. The minimum absolute atomic E-state index is 0.562. The van der Waals surface area contributed by atoms with Crippen LogP contribution >= 0.6 is 11.3 Å². The van der Waals surface area contributed by atoms with E-state index in [4.69, 9.17) is 0 Å². The van der Waals surface area contributed by atoms with Crippen LogP contribution in [-0.2, 0) is 6.54 Å². The van der Waals surface area contributed by atoms with Gasteiger partial charge in [0.05, 0.1) is 10.7 Å². The number of nitrogens with one attached hydrogen (secondary N) is 1. The number of thiazole rings is 1. The molecule has 1 saturated carbocycles. The highest BCUT2D eigenvalue weighted by Crippen LogP contribution is 2.26. The van der Waals surface area contributed by atoms with E-state index < -0.39 is 0 Å². The van der Waals surface area contributed by atoms with Crippen LogP contribution in [0.5, 0.6) is 0 Å². The van der Waals surface area contributed by atoms with Crippen LogP contribution in [0.4, 0.5) is 0 Å². The summed E-state index contributed by atoms with van der Waals surface area (Å²) < 4.78 is 0. The van der Waals surface area contributed by atoms with Gasteiger partial charge in [0.25, 0.3) is 0 Å². The predicted octanol–water partition coefficient (Wildman–Crippen LogP) is 3.15. The van der Waals surface area contributed by atoms with Gasteiger partial charge in [-0.15, -0.1) is 11.3 Å². The Morgan fingerprint density at radius 3 is 2.80 bits per heavy atom. The number of rotatable bonds is 4. The summed E-state index contributed by atoms with van der Waals surface area (Å²) in [6, 6.07) is 0.740. The van der Waals surface area contributed by atoms with Crippen LogP contribution in [-0.4, -0.2) is 11.0 Å². The zero-order chi connectivity index (χ0) is 10.8. The van der Waals surface area contributed by atoms with Gasteiger partial charge in [0.15, 0.2) is 0 Å². The van der Waals surface area contributed by atoms with E-state index >= 15 is 0 Å². The van der Waals surface area contributed by atoms with Crippen molar-refractivity contribution in [3.63, 3.8) is 0 Å². The Balaban J connectivity index is 1.78. The van der Waals surface area contributed by atoms with Crippen LogP contribution in [0.15, 0.2) is 5.38 Å². The lowest BCUT2D eigenvalue weighted by Gasteiger charge is -2.33. The highest BCUT2D eigenvalue weighted by Gasteiger charge is 2.24. The molecule has 1 fully saturated rings. The first-order valence-electron chi connectivity index (χ1n) is 5.83. The normalized spacial score (nSPS) is 25.6. The van der Waals surface area contributed by atoms with E-state index in [1.807, 2.05) is 0 Å². The Morgan fingerprint density at radius 1 is 1.53 bits per heavy atom. The molecule has 0 amide bonds. The molecule has 1 aromatic heterocycles. The Morgan fingerprint density at radius 2 is 2.27 bits per heavy atom. The van der Waals surface area contributed by atoms with E-state index in [9.17, 15) is 0 Å². The summed E-state index contributed by atoms with van der Waals surface area (Å²) >= 11 is 1.78. The maximum Gasteiger partial charge on any atom is 0.0954 e. The third kappa shape index (κ3) is 2.79. The van der Waals surface area contributed by atoms with Crippen molar-refractivity contribution in [1.82, 2.24) is 10.3 Å². The van der Waals surface area contributed by atoms with E-state index in [-0.39, 0.29) is 0 Å². The first-order chi connectivity index (χ1) is 7.15. The fraction of sp³-hybridized carbons (Fsp3) is 0.750. The zero-order valence-corrected chi connectivity index (χ0v) is 10.6. The zero-order valence-electron chi connectivity index (χ0n) is 9.79. The molecular formula is C12H20N2S. The first-order valence-corrected chi connectivity index (χ1v) is 6.70. The lowest BCUT2D eigenvalue weighted by atomic mass is 9.82. The standard InChI is InChI=1S/C12H20N2S/c1-8(2)12-14-11(7-15-12)6-13-10-4-9(3)5-10/h7-10,13H,4-6H2,1-3H3. The highest BCUT2D eigenvalue weighted by atomic mass is 32.1. The van der Waals surface area contributed by atoms with Gasteiger partial charge in [-0.25, -0.2) is 4.98 Å². The molecule has 2 rings (SSSR count). The van der Waals surface area contributed by atoms with Crippen molar-refractivity contribution in [2.75, 3.05) is 0 Å². The lowest BCUT2D eigenvalue weighted by molar-refractivity contribution is 0.240. The average Bonchev–Trinajstić information content (AvgIpc) is 2.59. The predicted molar refractivity (Wildman–Crippen MR) is 65.2 cm³/mol. The van der Waals surface area contributed by atoms with E-state index in [1.54, 1.807) is 11.3 Å². The molecule has 0 aliphatic heterocycles. The molecule has 15 heavy (non-hydrogen) atoms. The molecule has 1 aromatic rings. The lowest BCUT2D eigenvalue weighted by Crippen LogP contribution is -2.39. The summed E-state index contributed by atoms with van der Waals surface area (Å²) in [7, 11) is 0. The van der Waals surface area contributed by atoms with Crippen LogP contribution in [0.3, 0.4) is 0 Å². The van der Waals surface area contributed by atoms with Gasteiger partial charge >= 0.3 is 0 Å². The molecule has 0 atom stereocenters. The van der Waals surface area contributed by atoms with Gasteiger partial charge < -0.3 is 5.32 Å². The van der Waals surface area contributed by atoms with Crippen molar-refractivity contribution in [3.05, 3.63) is 16.1 Å². The number of aromatic nitrogens is 1. The second-order valence-corrected chi connectivity index (χ2v) is 5.88. The third-order valence-corrected chi connectivity index (χ3v) is 4.20. The Labute approximate surface area is 96.1 Å². The second-order valence-electron chi connectivity index (χ2n) is 4.99. The van der Waals surface area contributed by atoms with Crippen LogP contribution < -0.4 is 5.32 Å². The van der Waals surface area contributed by atoms with Crippen LogP contribution in [0.25, 0.3) is 0 Å². The Bertz CT molecular complexity index is 313. The molecule has 3 heteroatoms. The summed E-state index contributed by atoms with van der Waals surface area (Å²) in [5.41, 5.74) is 1.21. The van der Waals surface area contributed by atoms with E-state index in [1.165, 1.54) is 23.5 Å². The van der Waals surface area contributed by atoms with E-state index in [0.29, 0.717) is 5.92 Å². The van der Waals surface area contributed by atoms with Gasteiger partial charge in [-0.1, -0.05) is 20.8 Å². The number of nitrogens with zero attached hydrogens (tertiary/aromatic N) is 1. The summed E-state index contributed by atoms with van der Waals surface area (Å²) in [6.07, 6.45) is 2.67. The molecule has 1 aliphatic rings. The summed E-state index contributed by atoms with van der Waals surface area (Å²) in [4.78, 5) is 4.62. The topological polar surface area (TPSA) is 24.9 Å². The maximum absolute atomic E-state index is 4.62. The monoisotopic (exact) mass is 224 g/mol. The van der Waals surface area contributed by atoms with Gasteiger partial charge in [0.2, 0.25) is 0 Å². The van der Waals surface area contributed by atoms with Crippen molar-refractivity contribution >= 4 is 11.3 Å². The van der Waals surface area contributed by atoms with Crippen molar-refractivity contribution < 1.29 is 0 Å².